The molecule has 0 aliphatic heterocycles. The number of benzene rings is 1. The zero-order chi connectivity index (χ0) is 12.8. The van der Waals surface area contributed by atoms with Crippen molar-refractivity contribution in [1.82, 2.24) is 4.90 Å². The molecule has 1 rings (SSSR count). The monoisotopic (exact) mass is 231 g/mol. The lowest BCUT2D eigenvalue weighted by atomic mass is 10.1. The molecular formula is C14H21N3. The predicted octanol–water partition coefficient (Wildman–Crippen LogP) is 2.65. The lowest BCUT2D eigenvalue weighted by molar-refractivity contribution is 0.403. The maximum absolute atomic E-state index is 5.64. The van der Waals surface area contributed by atoms with Crippen LogP contribution in [0.5, 0.6) is 0 Å². The third-order valence-electron chi connectivity index (χ3n) is 2.61. The van der Waals surface area contributed by atoms with Crippen LogP contribution in [0.4, 0.5) is 5.69 Å². The number of hydrogen-bond donors (Lipinski definition) is 1. The Labute approximate surface area is 104 Å². The van der Waals surface area contributed by atoms with Crippen molar-refractivity contribution in [3.05, 3.63) is 36.4 Å². The molecule has 0 heterocycles. The second-order valence-corrected chi connectivity index (χ2v) is 4.25. The molecule has 0 fully saturated rings. The van der Waals surface area contributed by atoms with Gasteiger partial charge in [-0.1, -0.05) is 25.6 Å². The van der Waals surface area contributed by atoms with Gasteiger partial charge >= 0.3 is 0 Å². The van der Waals surface area contributed by atoms with Crippen LogP contribution in [0.25, 0.3) is 5.70 Å². The molecule has 0 amide bonds. The predicted molar refractivity (Wildman–Crippen MR) is 76.2 cm³/mol. The van der Waals surface area contributed by atoms with E-state index in [1.807, 2.05) is 31.2 Å². The summed E-state index contributed by atoms with van der Waals surface area (Å²) in [4.78, 5) is 6.71. The molecule has 3 nitrogen and oxygen atoms in total. The lowest BCUT2D eigenvalue weighted by Gasteiger charge is -2.13. The van der Waals surface area contributed by atoms with Crippen molar-refractivity contribution in [2.75, 3.05) is 25.9 Å². The fourth-order valence-electron chi connectivity index (χ4n) is 1.51. The van der Waals surface area contributed by atoms with Crippen molar-refractivity contribution < 1.29 is 0 Å². The summed E-state index contributed by atoms with van der Waals surface area (Å²) in [6, 6.07) is 7.61. The van der Waals surface area contributed by atoms with Gasteiger partial charge in [-0.15, -0.1) is 0 Å². The van der Waals surface area contributed by atoms with Gasteiger partial charge in [0, 0.05) is 17.9 Å². The summed E-state index contributed by atoms with van der Waals surface area (Å²) in [5.74, 6) is 0. The second-order valence-electron chi connectivity index (χ2n) is 4.25. The van der Waals surface area contributed by atoms with E-state index >= 15 is 0 Å². The van der Waals surface area contributed by atoms with Crippen LogP contribution in [0.3, 0.4) is 0 Å². The van der Waals surface area contributed by atoms with E-state index in [0.29, 0.717) is 0 Å². The van der Waals surface area contributed by atoms with Gasteiger partial charge in [-0.3, -0.25) is 4.99 Å². The van der Waals surface area contributed by atoms with Gasteiger partial charge in [0.15, 0.2) is 0 Å². The largest absolute Gasteiger partial charge is 0.399 e. The van der Waals surface area contributed by atoms with Crippen LogP contribution in [0.1, 0.15) is 19.4 Å². The van der Waals surface area contributed by atoms with E-state index in [9.17, 15) is 0 Å². The lowest BCUT2D eigenvalue weighted by Crippen LogP contribution is -2.23. The maximum atomic E-state index is 5.64. The SMILES string of the molecule is C=C(N=C(C)CN(C)CC)c1ccc(N)cc1. The fraction of sp³-hybridized carbons (Fsp3) is 0.357. The summed E-state index contributed by atoms with van der Waals surface area (Å²) in [6.45, 7) is 10.0. The first-order valence-corrected chi connectivity index (χ1v) is 5.80. The molecule has 0 radical (unpaired) electrons. The normalized spacial score (nSPS) is 11.9. The van der Waals surface area contributed by atoms with Crippen LogP contribution in [-0.4, -0.2) is 30.7 Å². The molecule has 0 atom stereocenters. The molecule has 0 saturated carbocycles. The van der Waals surface area contributed by atoms with E-state index in [1.165, 1.54) is 0 Å². The Morgan fingerprint density at radius 3 is 2.47 bits per heavy atom. The molecule has 0 spiro atoms. The fourth-order valence-corrected chi connectivity index (χ4v) is 1.51. The molecular weight excluding hydrogens is 210 g/mol. The number of nitrogens with zero attached hydrogens (tertiary/aromatic N) is 2. The van der Waals surface area contributed by atoms with E-state index < -0.39 is 0 Å². The van der Waals surface area contributed by atoms with Crippen molar-refractivity contribution in [2.24, 2.45) is 4.99 Å². The molecule has 0 aliphatic rings. The van der Waals surface area contributed by atoms with Gasteiger partial charge in [0.2, 0.25) is 0 Å². The first-order chi connectivity index (χ1) is 8.02. The van der Waals surface area contributed by atoms with Crippen molar-refractivity contribution in [3.8, 4) is 0 Å². The zero-order valence-corrected chi connectivity index (χ0v) is 10.9. The van der Waals surface area contributed by atoms with Gasteiger partial charge in [0.1, 0.15) is 0 Å². The molecule has 0 saturated heterocycles. The van der Waals surface area contributed by atoms with Crippen molar-refractivity contribution in [3.63, 3.8) is 0 Å². The Hall–Kier alpha value is -1.61. The minimum atomic E-state index is 0.757. The average molecular weight is 231 g/mol. The molecule has 3 heteroatoms. The van der Waals surface area contributed by atoms with Crippen LogP contribution < -0.4 is 5.73 Å². The molecule has 92 valence electrons. The Kier molecular flexibility index (Phi) is 4.91. The number of nitrogens with two attached hydrogens (primary N) is 1. The van der Waals surface area contributed by atoms with Crippen LogP contribution in [-0.2, 0) is 0 Å². The van der Waals surface area contributed by atoms with Gasteiger partial charge < -0.3 is 10.6 Å². The maximum Gasteiger partial charge on any atom is 0.0630 e. The third kappa shape index (κ3) is 4.41. The summed E-state index contributed by atoms with van der Waals surface area (Å²) in [5.41, 5.74) is 9.26. The molecule has 0 unspecified atom stereocenters. The van der Waals surface area contributed by atoms with Crippen molar-refractivity contribution in [2.45, 2.75) is 13.8 Å². The van der Waals surface area contributed by atoms with Gasteiger partial charge in [0.25, 0.3) is 0 Å². The highest BCUT2D eigenvalue weighted by Crippen LogP contribution is 2.15. The smallest absolute Gasteiger partial charge is 0.0630 e. The topological polar surface area (TPSA) is 41.6 Å². The van der Waals surface area contributed by atoms with E-state index in [1.54, 1.807) is 0 Å². The number of hydrogen-bond acceptors (Lipinski definition) is 3. The molecule has 0 bridgehead atoms. The molecule has 0 aromatic heterocycles. The summed E-state index contributed by atoms with van der Waals surface area (Å²) < 4.78 is 0. The highest BCUT2D eigenvalue weighted by molar-refractivity contribution is 5.89. The van der Waals surface area contributed by atoms with Crippen LogP contribution in [0, 0.1) is 0 Å². The molecule has 2 N–H and O–H groups in total. The van der Waals surface area contributed by atoms with E-state index in [4.69, 9.17) is 5.73 Å². The van der Waals surface area contributed by atoms with Crippen LogP contribution in [0.2, 0.25) is 0 Å². The summed E-state index contributed by atoms with van der Waals surface area (Å²) >= 11 is 0. The first kappa shape index (κ1) is 13.5. The van der Waals surface area contributed by atoms with E-state index in [0.717, 1.165) is 35.7 Å². The summed E-state index contributed by atoms with van der Waals surface area (Å²) in [5, 5.41) is 0. The Balaban J connectivity index is 2.71. The third-order valence-corrected chi connectivity index (χ3v) is 2.61. The number of rotatable bonds is 5. The van der Waals surface area contributed by atoms with Gasteiger partial charge in [-0.2, -0.15) is 0 Å². The number of anilines is 1. The quantitative estimate of drug-likeness (QED) is 0.625. The zero-order valence-electron chi connectivity index (χ0n) is 10.9. The van der Waals surface area contributed by atoms with E-state index in [2.05, 4.69) is 30.4 Å². The van der Waals surface area contributed by atoms with E-state index in [-0.39, 0.29) is 0 Å². The molecule has 0 aliphatic carbocycles. The molecule has 1 aromatic rings. The van der Waals surface area contributed by atoms with Gasteiger partial charge in [0.05, 0.1) is 5.70 Å². The average Bonchev–Trinajstić information content (AvgIpc) is 2.29. The highest BCUT2D eigenvalue weighted by atomic mass is 15.1. The summed E-state index contributed by atoms with van der Waals surface area (Å²) in [7, 11) is 2.07. The minimum absolute atomic E-state index is 0.757. The van der Waals surface area contributed by atoms with Crippen LogP contribution >= 0.6 is 0 Å². The van der Waals surface area contributed by atoms with Crippen molar-refractivity contribution in [1.29, 1.82) is 0 Å². The highest BCUT2D eigenvalue weighted by Gasteiger charge is 2.00. The van der Waals surface area contributed by atoms with Gasteiger partial charge in [-0.25, -0.2) is 0 Å². The number of nitrogen functional groups attached to an aromatic ring is 1. The standard InChI is InChI=1S/C14H21N3/c1-5-17(4)10-11(2)16-12(3)13-6-8-14(15)9-7-13/h6-9H,3,5,10,15H2,1-2,4H3. The molecule has 17 heavy (non-hydrogen) atoms. The van der Waals surface area contributed by atoms with Crippen LogP contribution in [0.15, 0.2) is 35.8 Å². The summed E-state index contributed by atoms with van der Waals surface area (Å²) in [6.07, 6.45) is 0. The number of aliphatic imine (C=N–C) groups is 1. The minimum Gasteiger partial charge on any atom is -0.399 e. The Morgan fingerprint density at radius 2 is 1.94 bits per heavy atom. The first-order valence-electron chi connectivity index (χ1n) is 5.80. The molecule has 1 aromatic carbocycles. The van der Waals surface area contributed by atoms with Gasteiger partial charge in [-0.05, 0) is 38.2 Å². The van der Waals surface area contributed by atoms with Crippen molar-refractivity contribution >= 4 is 17.1 Å². The second kappa shape index (κ2) is 6.21. The Bertz CT molecular complexity index is 404. The Morgan fingerprint density at radius 1 is 1.35 bits per heavy atom.